The van der Waals surface area contributed by atoms with Crippen molar-refractivity contribution in [3.05, 3.63) is 34.6 Å². The predicted molar refractivity (Wildman–Crippen MR) is 54.1 cm³/mol. The summed E-state index contributed by atoms with van der Waals surface area (Å²) in [5.41, 5.74) is 0.936. The molecule has 0 aromatic heterocycles. The molecule has 3 heteroatoms. The molecule has 2 fully saturated rings. The molecule has 1 N–H and O–H groups in total. The van der Waals surface area contributed by atoms with E-state index in [9.17, 15) is 4.39 Å². The lowest BCUT2D eigenvalue weighted by Crippen LogP contribution is -2.20. The topological polar surface area (TPSA) is 12.0 Å². The van der Waals surface area contributed by atoms with E-state index < -0.39 is 0 Å². The number of benzene rings is 1. The maximum Gasteiger partial charge on any atom is 0.128 e. The molecule has 1 saturated heterocycles. The molecule has 74 valence electrons. The lowest BCUT2D eigenvalue weighted by Gasteiger charge is -2.13. The van der Waals surface area contributed by atoms with Gasteiger partial charge in [-0.1, -0.05) is 17.7 Å². The molecule has 0 amide bonds. The Bertz CT molecular complexity index is 393. The molecular formula is C11H11ClFN. The smallest absolute Gasteiger partial charge is 0.128 e. The van der Waals surface area contributed by atoms with Crippen molar-refractivity contribution in [2.75, 3.05) is 13.1 Å². The average molecular weight is 212 g/mol. The molecule has 1 aromatic rings. The van der Waals surface area contributed by atoms with Crippen molar-refractivity contribution in [3.63, 3.8) is 0 Å². The van der Waals surface area contributed by atoms with Crippen LogP contribution in [0.4, 0.5) is 4.39 Å². The average Bonchev–Trinajstić information content (AvgIpc) is 2.69. The number of piperidine rings is 1. The van der Waals surface area contributed by atoms with Crippen LogP contribution in [-0.2, 0) is 5.41 Å². The molecule has 1 aliphatic carbocycles. The molecule has 0 radical (unpaired) electrons. The minimum atomic E-state index is -0.149. The van der Waals surface area contributed by atoms with Crippen LogP contribution in [0, 0.1) is 11.7 Å². The van der Waals surface area contributed by atoms with E-state index in [1.165, 1.54) is 6.07 Å². The Hall–Kier alpha value is -0.600. The number of rotatable bonds is 1. The van der Waals surface area contributed by atoms with E-state index in [1.807, 2.05) is 6.07 Å². The van der Waals surface area contributed by atoms with Gasteiger partial charge in [0.25, 0.3) is 0 Å². The molecule has 1 aromatic carbocycles. The van der Waals surface area contributed by atoms with E-state index in [0.717, 1.165) is 25.1 Å². The number of nitrogens with one attached hydrogen (secondary N) is 1. The van der Waals surface area contributed by atoms with Gasteiger partial charge in [-0.15, -0.1) is 0 Å². The Morgan fingerprint density at radius 2 is 2.36 bits per heavy atom. The first-order valence-corrected chi connectivity index (χ1v) is 5.26. The standard InChI is InChI=1S/C11H11ClFN/c12-8-1-2-9(10(13)3-8)11-4-7(11)5-14-6-11/h1-3,7,14H,4-6H2/t7-,11?/m1/s1. The van der Waals surface area contributed by atoms with Crippen molar-refractivity contribution in [2.24, 2.45) is 5.92 Å². The van der Waals surface area contributed by atoms with Crippen LogP contribution in [0.15, 0.2) is 18.2 Å². The SMILES string of the molecule is Fc1cc(Cl)ccc1C12CNC[C@H]1C2. The third kappa shape index (κ3) is 1.04. The van der Waals surface area contributed by atoms with Crippen molar-refractivity contribution in [1.82, 2.24) is 5.32 Å². The molecule has 14 heavy (non-hydrogen) atoms. The van der Waals surface area contributed by atoms with Crippen molar-refractivity contribution in [3.8, 4) is 0 Å². The van der Waals surface area contributed by atoms with Gasteiger partial charge in [0.15, 0.2) is 0 Å². The fraction of sp³-hybridized carbons (Fsp3) is 0.455. The molecule has 1 nitrogen and oxygen atoms in total. The summed E-state index contributed by atoms with van der Waals surface area (Å²) >= 11 is 5.73. The second-order valence-corrected chi connectivity index (χ2v) is 4.75. The summed E-state index contributed by atoms with van der Waals surface area (Å²) in [5.74, 6) is 0.488. The molecule has 3 rings (SSSR count). The maximum absolute atomic E-state index is 13.7. The van der Waals surface area contributed by atoms with Gasteiger partial charge in [-0.2, -0.15) is 0 Å². The van der Waals surface area contributed by atoms with Crippen molar-refractivity contribution < 1.29 is 4.39 Å². The highest BCUT2D eigenvalue weighted by Gasteiger charge is 2.59. The zero-order chi connectivity index (χ0) is 9.76. The van der Waals surface area contributed by atoms with E-state index >= 15 is 0 Å². The summed E-state index contributed by atoms with van der Waals surface area (Å²) in [5, 5.41) is 3.78. The Balaban J connectivity index is 2.05. The molecule has 1 saturated carbocycles. The zero-order valence-corrected chi connectivity index (χ0v) is 8.44. The zero-order valence-electron chi connectivity index (χ0n) is 7.69. The molecule has 2 atom stereocenters. The normalized spacial score (nSPS) is 34.3. The quantitative estimate of drug-likeness (QED) is 0.752. The van der Waals surface area contributed by atoms with Gasteiger partial charge in [-0.3, -0.25) is 0 Å². The summed E-state index contributed by atoms with van der Waals surface area (Å²) in [4.78, 5) is 0. The van der Waals surface area contributed by atoms with Crippen LogP contribution in [-0.4, -0.2) is 13.1 Å². The largest absolute Gasteiger partial charge is 0.316 e. The molecule has 0 bridgehead atoms. The van der Waals surface area contributed by atoms with E-state index in [-0.39, 0.29) is 11.2 Å². The maximum atomic E-state index is 13.7. The Kier molecular flexibility index (Phi) is 1.68. The fourth-order valence-corrected chi connectivity index (χ4v) is 2.81. The molecular weight excluding hydrogens is 201 g/mol. The summed E-state index contributed by atoms with van der Waals surface area (Å²) in [7, 11) is 0. The Labute approximate surface area is 87.3 Å². The molecule has 0 spiro atoms. The van der Waals surface area contributed by atoms with Crippen LogP contribution in [0.3, 0.4) is 0 Å². The van der Waals surface area contributed by atoms with Crippen LogP contribution in [0.1, 0.15) is 12.0 Å². The van der Waals surface area contributed by atoms with Crippen molar-refractivity contribution in [1.29, 1.82) is 0 Å². The first-order valence-electron chi connectivity index (χ1n) is 4.89. The van der Waals surface area contributed by atoms with Gasteiger partial charge in [0, 0.05) is 17.0 Å². The van der Waals surface area contributed by atoms with Crippen molar-refractivity contribution in [2.45, 2.75) is 11.8 Å². The Morgan fingerprint density at radius 1 is 1.50 bits per heavy atom. The van der Waals surface area contributed by atoms with E-state index in [2.05, 4.69) is 5.32 Å². The van der Waals surface area contributed by atoms with Gasteiger partial charge in [0.2, 0.25) is 0 Å². The number of fused-ring (bicyclic) bond motifs is 1. The van der Waals surface area contributed by atoms with Crippen LogP contribution in [0.2, 0.25) is 5.02 Å². The molecule has 2 aliphatic rings. The second kappa shape index (κ2) is 2.71. The van der Waals surface area contributed by atoms with Gasteiger partial charge in [0.05, 0.1) is 0 Å². The van der Waals surface area contributed by atoms with Gasteiger partial charge in [0.1, 0.15) is 5.82 Å². The van der Waals surface area contributed by atoms with E-state index in [4.69, 9.17) is 11.6 Å². The van der Waals surface area contributed by atoms with E-state index in [1.54, 1.807) is 6.07 Å². The summed E-state index contributed by atoms with van der Waals surface area (Å²) in [6.45, 7) is 1.94. The first kappa shape index (κ1) is 8.69. The number of halogens is 2. The van der Waals surface area contributed by atoms with Crippen LogP contribution >= 0.6 is 11.6 Å². The van der Waals surface area contributed by atoms with Crippen LogP contribution in [0.5, 0.6) is 0 Å². The van der Waals surface area contributed by atoms with Gasteiger partial charge < -0.3 is 5.32 Å². The summed E-state index contributed by atoms with van der Waals surface area (Å²) < 4.78 is 13.7. The van der Waals surface area contributed by atoms with Crippen LogP contribution in [0.25, 0.3) is 0 Å². The third-order valence-corrected chi connectivity index (χ3v) is 3.77. The van der Waals surface area contributed by atoms with Crippen LogP contribution < -0.4 is 5.32 Å². The highest BCUT2D eigenvalue weighted by atomic mass is 35.5. The predicted octanol–water partition coefficient (Wildman–Crippen LogP) is 2.34. The minimum Gasteiger partial charge on any atom is -0.316 e. The molecule has 1 aliphatic heterocycles. The Morgan fingerprint density at radius 3 is 2.93 bits per heavy atom. The van der Waals surface area contributed by atoms with Crippen molar-refractivity contribution >= 4 is 11.6 Å². The third-order valence-electron chi connectivity index (χ3n) is 3.53. The van der Waals surface area contributed by atoms with Gasteiger partial charge in [-0.05, 0) is 36.6 Å². The summed E-state index contributed by atoms with van der Waals surface area (Å²) in [6, 6.07) is 5.03. The second-order valence-electron chi connectivity index (χ2n) is 4.31. The minimum absolute atomic E-state index is 0.0919. The monoisotopic (exact) mass is 211 g/mol. The van der Waals surface area contributed by atoms with Gasteiger partial charge in [-0.25, -0.2) is 4.39 Å². The highest BCUT2D eigenvalue weighted by Crippen LogP contribution is 2.57. The van der Waals surface area contributed by atoms with E-state index in [0.29, 0.717) is 10.9 Å². The fourth-order valence-electron chi connectivity index (χ4n) is 2.65. The summed E-state index contributed by atoms with van der Waals surface area (Å²) in [6.07, 6.45) is 1.12. The van der Waals surface area contributed by atoms with Gasteiger partial charge >= 0.3 is 0 Å². The lowest BCUT2D eigenvalue weighted by atomic mass is 9.95. The first-order chi connectivity index (χ1) is 6.72. The number of hydrogen-bond acceptors (Lipinski definition) is 1. The number of hydrogen-bond donors (Lipinski definition) is 1. The lowest BCUT2D eigenvalue weighted by molar-refractivity contribution is 0.569. The molecule has 1 unspecified atom stereocenters. The molecule has 1 heterocycles. The highest BCUT2D eigenvalue weighted by molar-refractivity contribution is 6.30.